The maximum atomic E-state index is 6.45. The molecule has 5 heteroatoms. The van der Waals surface area contributed by atoms with E-state index in [1.807, 2.05) is 6.07 Å². The third-order valence-corrected chi connectivity index (χ3v) is 10.1. The van der Waals surface area contributed by atoms with Crippen molar-refractivity contribution in [2.45, 2.75) is 58.2 Å². The second-order valence-corrected chi connectivity index (χ2v) is 13.6. The highest BCUT2D eigenvalue weighted by Crippen LogP contribution is 2.40. The van der Waals surface area contributed by atoms with E-state index in [-0.39, 0.29) is 5.04 Å². The third kappa shape index (κ3) is 5.92. The lowest BCUT2D eigenvalue weighted by Crippen LogP contribution is -2.43. The number of hydrogen-bond acceptors (Lipinski definition) is 4. The smallest absolute Gasteiger partial charge is 0.250 e. The van der Waals surface area contributed by atoms with Crippen molar-refractivity contribution in [1.29, 1.82) is 0 Å². The molecule has 0 atom stereocenters. The average Bonchev–Trinajstić information content (AvgIpc) is 2.67. The molecule has 2 aromatic carbocycles. The van der Waals surface area contributed by atoms with Crippen LogP contribution in [0.1, 0.15) is 38.3 Å². The Bertz CT molecular complexity index is 809. The highest BCUT2D eigenvalue weighted by Gasteiger charge is 2.39. The Morgan fingerprint density at radius 1 is 0.690 bits per heavy atom. The van der Waals surface area contributed by atoms with Crippen molar-refractivity contribution in [2.24, 2.45) is 0 Å². The molecule has 2 rings (SSSR count). The van der Waals surface area contributed by atoms with Gasteiger partial charge in [0.25, 0.3) is 8.32 Å². The molecule has 160 valence electrons. The fraction of sp³-hybridized carbons (Fsp3) is 0.500. The van der Waals surface area contributed by atoms with E-state index in [2.05, 4.69) is 64.2 Å². The van der Waals surface area contributed by atoms with Gasteiger partial charge in [-0.25, -0.2) is 0 Å². The molecule has 0 N–H and O–H groups in total. The Hall–Kier alpha value is -2.14. The van der Waals surface area contributed by atoms with Gasteiger partial charge in [-0.2, -0.15) is 0 Å². The van der Waals surface area contributed by atoms with E-state index < -0.39 is 8.32 Å². The Labute approximate surface area is 177 Å². The van der Waals surface area contributed by atoms with Crippen LogP contribution in [-0.4, -0.2) is 29.6 Å². The Morgan fingerprint density at radius 3 is 1.59 bits per heavy atom. The van der Waals surface area contributed by atoms with Crippen LogP contribution in [0.3, 0.4) is 0 Å². The molecule has 0 heterocycles. The minimum absolute atomic E-state index is 0.149. The summed E-state index contributed by atoms with van der Waals surface area (Å²) in [6.45, 7) is 11.2. The molecule has 0 bridgehead atoms. The van der Waals surface area contributed by atoms with Crippen molar-refractivity contribution in [3.63, 3.8) is 0 Å². The van der Waals surface area contributed by atoms with E-state index in [0.29, 0.717) is 0 Å². The lowest BCUT2D eigenvalue weighted by atomic mass is 10.0. The number of ether oxygens (including phenoxy) is 3. The van der Waals surface area contributed by atoms with E-state index >= 15 is 0 Å². The van der Waals surface area contributed by atoms with Gasteiger partial charge < -0.3 is 18.6 Å². The first-order valence-electron chi connectivity index (χ1n) is 10.2. The van der Waals surface area contributed by atoms with Crippen LogP contribution < -0.4 is 18.6 Å². The minimum Gasteiger partial charge on any atom is -0.541 e. The minimum atomic E-state index is -1.90. The molecule has 0 spiro atoms. The fourth-order valence-corrected chi connectivity index (χ4v) is 3.94. The first kappa shape index (κ1) is 23.1. The van der Waals surface area contributed by atoms with Gasteiger partial charge in [-0.1, -0.05) is 32.9 Å². The largest absolute Gasteiger partial charge is 0.541 e. The van der Waals surface area contributed by atoms with Gasteiger partial charge >= 0.3 is 0 Å². The monoisotopic (exact) mass is 416 g/mol. The third-order valence-electron chi connectivity index (χ3n) is 5.78. The highest BCUT2D eigenvalue weighted by molar-refractivity contribution is 6.74. The molecule has 2 aromatic rings. The van der Waals surface area contributed by atoms with Gasteiger partial charge in [0.15, 0.2) is 17.2 Å². The maximum Gasteiger partial charge on any atom is 0.250 e. The van der Waals surface area contributed by atoms with Crippen LogP contribution in [-0.2, 0) is 12.8 Å². The van der Waals surface area contributed by atoms with Crippen molar-refractivity contribution in [2.75, 3.05) is 21.3 Å². The van der Waals surface area contributed by atoms with Crippen LogP contribution in [0.15, 0.2) is 36.4 Å². The topological polar surface area (TPSA) is 36.9 Å². The molecular formula is C24H36O4Si. The molecule has 0 radical (unpaired) electrons. The van der Waals surface area contributed by atoms with E-state index in [1.165, 1.54) is 11.1 Å². The van der Waals surface area contributed by atoms with Crippen molar-refractivity contribution >= 4 is 8.32 Å². The first-order chi connectivity index (χ1) is 13.6. The molecule has 4 nitrogen and oxygen atoms in total. The van der Waals surface area contributed by atoms with Gasteiger partial charge in [-0.05, 0) is 72.8 Å². The van der Waals surface area contributed by atoms with E-state index in [1.54, 1.807) is 21.3 Å². The molecule has 0 aliphatic rings. The number of hydrogen-bond donors (Lipinski definition) is 0. The molecule has 0 aliphatic carbocycles. The summed E-state index contributed by atoms with van der Waals surface area (Å²) in [5.74, 6) is 3.21. The molecule has 29 heavy (non-hydrogen) atoms. The van der Waals surface area contributed by atoms with Crippen LogP contribution in [0.5, 0.6) is 23.0 Å². The summed E-state index contributed by atoms with van der Waals surface area (Å²) in [7, 11) is 3.13. The Balaban J connectivity index is 2.04. The quantitative estimate of drug-likeness (QED) is 0.451. The summed E-state index contributed by atoms with van der Waals surface area (Å²) >= 11 is 0. The number of aryl methyl sites for hydroxylation is 2. The Kier molecular flexibility index (Phi) is 7.64. The van der Waals surface area contributed by atoms with Gasteiger partial charge in [-0.15, -0.1) is 0 Å². The van der Waals surface area contributed by atoms with Gasteiger partial charge in [0.2, 0.25) is 0 Å². The summed E-state index contributed by atoms with van der Waals surface area (Å²) in [4.78, 5) is 0. The van der Waals surface area contributed by atoms with Gasteiger partial charge in [0.05, 0.1) is 21.3 Å². The summed E-state index contributed by atoms with van der Waals surface area (Å²) in [5, 5.41) is 0.149. The second kappa shape index (κ2) is 9.57. The van der Waals surface area contributed by atoms with Crippen LogP contribution in [0.2, 0.25) is 18.1 Å². The summed E-state index contributed by atoms with van der Waals surface area (Å²) in [5.41, 5.74) is 2.50. The molecule has 0 saturated heterocycles. The zero-order valence-electron chi connectivity index (χ0n) is 19.2. The highest BCUT2D eigenvalue weighted by atomic mass is 28.4. The molecule has 0 unspecified atom stereocenters. The Morgan fingerprint density at radius 2 is 1.14 bits per heavy atom. The lowest BCUT2D eigenvalue weighted by molar-refractivity contribution is 0.354. The molecule has 0 fully saturated rings. The van der Waals surface area contributed by atoms with E-state index in [4.69, 9.17) is 18.6 Å². The molecule has 0 saturated carbocycles. The SMILES string of the molecule is COc1ccc(CCCc2ccc(O[Si](C)(C)C(C)(C)C)c(OC)c2)cc1OC. The lowest BCUT2D eigenvalue weighted by Gasteiger charge is -2.36. The van der Waals surface area contributed by atoms with Gasteiger partial charge in [-0.3, -0.25) is 0 Å². The fourth-order valence-electron chi connectivity index (χ4n) is 2.91. The zero-order chi connectivity index (χ0) is 21.7. The molecule has 0 aromatic heterocycles. The zero-order valence-corrected chi connectivity index (χ0v) is 20.2. The normalized spacial score (nSPS) is 11.9. The average molecular weight is 417 g/mol. The van der Waals surface area contributed by atoms with Crippen LogP contribution >= 0.6 is 0 Å². The van der Waals surface area contributed by atoms with Gasteiger partial charge in [0.1, 0.15) is 5.75 Å². The predicted molar refractivity (Wildman–Crippen MR) is 122 cm³/mol. The van der Waals surface area contributed by atoms with Crippen molar-refractivity contribution in [1.82, 2.24) is 0 Å². The number of methoxy groups -OCH3 is 3. The molecule has 0 aliphatic heterocycles. The second-order valence-electron chi connectivity index (χ2n) is 8.89. The summed E-state index contributed by atoms with van der Waals surface area (Å²) < 4.78 is 22.8. The summed E-state index contributed by atoms with van der Waals surface area (Å²) in [6.07, 6.45) is 3.00. The van der Waals surface area contributed by atoms with Gasteiger partial charge in [0, 0.05) is 0 Å². The van der Waals surface area contributed by atoms with Crippen LogP contribution in [0.25, 0.3) is 0 Å². The molecular weight excluding hydrogens is 380 g/mol. The van der Waals surface area contributed by atoms with E-state index in [0.717, 1.165) is 42.3 Å². The number of benzene rings is 2. The van der Waals surface area contributed by atoms with Crippen molar-refractivity contribution in [3.8, 4) is 23.0 Å². The van der Waals surface area contributed by atoms with Crippen molar-refractivity contribution in [3.05, 3.63) is 47.5 Å². The maximum absolute atomic E-state index is 6.45. The van der Waals surface area contributed by atoms with Crippen molar-refractivity contribution < 1.29 is 18.6 Å². The predicted octanol–water partition coefficient (Wildman–Crippen LogP) is 6.27. The number of rotatable bonds is 9. The summed E-state index contributed by atoms with van der Waals surface area (Å²) in [6, 6.07) is 12.4. The standard InChI is InChI=1S/C24H36O4Si/c1-24(2,3)29(7,8)28-21-15-13-19(17-23(21)27-6)11-9-10-18-12-14-20(25-4)22(16-18)26-5/h12-17H,9-11H2,1-8H3. The first-order valence-corrected chi connectivity index (χ1v) is 13.1. The van der Waals surface area contributed by atoms with Crippen LogP contribution in [0.4, 0.5) is 0 Å². The van der Waals surface area contributed by atoms with E-state index in [9.17, 15) is 0 Å². The van der Waals surface area contributed by atoms with Crippen LogP contribution in [0, 0.1) is 0 Å². The molecule has 0 amide bonds.